The van der Waals surface area contributed by atoms with E-state index in [0.717, 1.165) is 12.8 Å². The van der Waals surface area contributed by atoms with Crippen molar-refractivity contribution in [1.82, 2.24) is 10.3 Å². The summed E-state index contributed by atoms with van der Waals surface area (Å²) < 4.78 is 0. The number of carbonyl (C=O) groups excluding carboxylic acids is 1. The monoisotopic (exact) mass is 247 g/mol. The number of rotatable bonds is 2. The van der Waals surface area contributed by atoms with E-state index in [1.54, 1.807) is 18.3 Å². The van der Waals surface area contributed by atoms with Gasteiger partial charge in [0.25, 0.3) is 5.91 Å². The summed E-state index contributed by atoms with van der Waals surface area (Å²) in [6, 6.07) is 3.71. The third kappa shape index (κ3) is 3.00. The number of anilines is 1. The maximum absolute atomic E-state index is 12.1. The van der Waals surface area contributed by atoms with Gasteiger partial charge in [-0.15, -0.1) is 0 Å². The fourth-order valence-corrected chi connectivity index (χ4v) is 2.94. The SMILES string of the molecule is CC1CC(C)CC(NC(=O)c2cccnc2N)C1. The predicted octanol–water partition coefficient (Wildman–Crippen LogP) is 2.22. The molecule has 18 heavy (non-hydrogen) atoms. The zero-order valence-electron chi connectivity index (χ0n) is 11.0. The molecule has 1 aliphatic carbocycles. The first-order valence-corrected chi connectivity index (χ1v) is 6.57. The lowest BCUT2D eigenvalue weighted by Gasteiger charge is -2.32. The van der Waals surface area contributed by atoms with Gasteiger partial charge in [0.1, 0.15) is 5.82 Å². The van der Waals surface area contributed by atoms with Gasteiger partial charge in [-0.2, -0.15) is 0 Å². The Bertz CT molecular complexity index is 423. The van der Waals surface area contributed by atoms with Crippen molar-refractivity contribution in [3.63, 3.8) is 0 Å². The highest BCUT2D eigenvalue weighted by Gasteiger charge is 2.25. The summed E-state index contributed by atoms with van der Waals surface area (Å²) in [6.45, 7) is 4.49. The highest BCUT2D eigenvalue weighted by atomic mass is 16.1. The van der Waals surface area contributed by atoms with Gasteiger partial charge in [-0.1, -0.05) is 13.8 Å². The van der Waals surface area contributed by atoms with Gasteiger partial charge in [-0.05, 0) is 43.2 Å². The Hall–Kier alpha value is -1.58. The van der Waals surface area contributed by atoms with Crippen LogP contribution >= 0.6 is 0 Å². The number of nitrogens with zero attached hydrogens (tertiary/aromatic N) is 1. The molecule has 1 aromatic rings. The van der Waals surface area contributed by atoms with Gasteiger partial charge in [0.05, 0.1) is 5.56 Å². The Labute approximate surface area is 108 Å². The summed E-state index contributed by atoms with van der Waals surface area (Å²) >= 11 is 0. The third-order valence-electron chi connectivity index (χ3n) is 3.60. The molecule has 4 nitrogen and oxygen atoms in total. The van der Waals surface area contributed by atoms with E-state index in [9.17, 15) is 4.79 Å². The first kappa shape index (κ1) is 12.9. The molecule has 0 bridgehead atoms. The van der Waals surface area contributed by atoms with Gasteiger partial charge in [-0.25, -0.2) is 4.98 Å². The van der Waals surface area contributed by atoms with E-state index in [1.807, 2.05) is 0 Å². The minimum absolute atomic E-state index is 0.105. The normalized spacial score (nSPS) is 27.8. The molecule has 2 atom stereocenters. The number of aromatic nitrogens is 1. The van der Waals surface area contributed by atoms with Crippen LogP contribution in [0.2, 0.25) is 0 Å². The number of nitrogens with two attached hydrogens (primary N) is 1. The molecule has 2 unspecified atom stereocenters. The van der Waals surface area contributed by atoms with Crippen molar-refractivity contribution in [2.24, 2.45) is 11.8 Å². The van der Waals surface area contributed by atoms with E-state index in [2.05, 4.69) is 24.1 Å². The molecule has 1 fully saturated rings. The summed E-state index contributed by atoms with van der Waals surface area (Å²) in [4.78, 5) is 16.1. The minimum Gasteiger partial charge on any atom is -0.383 e. The van der Waals surface area contributed by atoms with Crippen molar-refractivity contribution in [3.05, 3.63) is 23.9 Å². The summed E-state index contributed by atoms with van der Waals surface area (Å²) in [6.07, 6.45) is 4.95. The molecule has 4 heteroatoms. The average molecular weight is 247 g/mol. The van der Waals surface area contributed by atoms with E-state index in [1.165, 1.54) is 6.42 Å². The van der Waals surface area contributed by atoms with E-state index < -0.39 is 0 Å². The molecule has 98 valence electrons. The van der Waals surface area contributed by atoms with Crippen LogP contribution in [-0.4, -0.2) is 16.9 Å². The molecule has 0 spiro atoms. The van der Waals surface area contributed by atoms with Crippen molar-refractivity contribution in [2.45, 2.75) is 39.2 Å². The Morgan fingerprint density at radius 1 is 1.33 bits per heavy atom. The molecular weight excluding hydrogens is 226 g/mol. The summed E-state index contributed by atoms with van der Waals surface area (Å²) in [5.74, 6) is 1.54. The maximum Gasteiger partial charge on any atom is 0.255 e. The molecule has 0 aromatic carbocycles. The van der Waals surface area contributed by atoms with E-state index in [0.29, 0.717) is 23.2 Å². The van der Waals surface area contributed by atoms with Crippen LogP contribution in [0.15, 0.2) is 18.3 Å². The Balaban J connectivity index is 2.01. The molecule has 3 N–H and O–H groups in total. The Kier molecular flexibility index (Phi) is 3.84. The van der Waals surface area contributed by atoms with Crippen molar-refractivity contribution in [1.29, 1.82) is 0 Å². The van der Waals surface area contributed by atoms with Crippen LogP contribution < -0.4 is 11.1 Å². The van der Waals surface area contributed by atoms with Gasteiger partial charge < -0.3 is 11.1 Å². The standard InChI is InChI=1S/C14H21N3O/c1-9-6-10(2)8-11(7-9)17-14(18)12-4-3-5-16-13(12)15/h3-5,9-11H,6-8H2,1-2H3,(H2,15,16)(H,17,18). The van der Waals surface area contributed by atoms with Crippen LogP contribution in [-0.2, 0) is 0 Å². The Morgan fingerprint density at radius 2 is 2.00 bits per heavy atom. The number of carbonyl (C=O) groups is 1. The quantitative estimate of drug-likeness (QED) is 0.842. The molecule has 0 radical (unpaired) electrons. The van der Waals surface area contributed by atoms with Gasteiger partial charge in [0.15, 0.2) is 0 Å². The highest BCUT2D eigenvalue weighted by molar-refractivity contribution is 5.98. The van der Waals surface area contributed by atoms with E-state index in [4.69, 9.17) is 5.73 Å². The topological polar surface area (TPSA) is 68.0 Å². The first-order chi connectivity index (χ1) is 8.56. The molecule has 1 heterocycles. The number of hydrogen-bond donors (Lipinski definition) is 2. The second-order valence-corrected chi connectivity index (χ2v) is 5.52. The van der Waals surface area contributed by atoms with Crippen molar-refractivity contribution < 1.29 is 4.79 Å². The molecule has 1 amide bonds. The summed E-state index contributed by atoms with van der Waals surface area (Å²) in [5.41, 5.74) is 6.18. The fraction of sp³-hybridized carbons (Fsp3) is 0.571. The highest BCUT2D eigenvalue weighted by Crippen LogP contribution is 2.28. The van der Waals surface area contributed by atoms with Gasteiger partial charge in [0.2, 0.25) is 0 Å². The van der Waals surface area contributed by atoms with Crippen LogP contribution in [0.25, 0.3) is 0 Å². The van der Waals surface area contributed by atoms with Crippen LogP contribution in [0.5, 0.6) is 0 Å². The molecule has 0 aliphatic heterocycles. The van der Waals surface area contributed by atoms with E-state index >= 15 is 0 Å². The molecule has 1 aromatic heterocycles. The lowest BCUT2D eigenvalue weighted by Crippen LogP contribution is -2.40. The zero-order valence-corrected chi connectivity index (χ0v) is 11.0. The molecule has 0 saturated heterocycles. The molecule has 1 aliphatic rings. The van der Waals surface area contributed by atoms with Gasteiger partial charge in [0, 0.05) is 12.2 Å². The summed E-state index contributed by atoms with van der Waals surface area (Å²) in [7, 11) is 0. The van der Waals surface area contributed by atoms with Crippen molar-refractivity contribution in [2.75, 3.05) is 5.73 Å². The lowest BCUT2D eigenvalue weighted by molar-refractivity contribution is 0.0912. The zero-order chi connectivity index (χ0) is 13.1. The average Bonchev–Trinajstić information content (AvgIpc) is 2.27. The number of pyridine rings is 1. The summed E-state index contributed by atoms with van der Waals surface area (Å²) in [5, 5.41) is 3.08. The third-order valence-corrected chi connectivity index (χ3v) is 3.60. The largest absolute Gasteiger partial charge is 0.383 e. The fourth-order valence-electron chi connectivity index (χ4n) is 2.94. The van der Waals surface area contributed by atoms with Crippen LogP contribution in [0.3, 0.4) is 0 Å². The number of hydrogen-bond acceptors (Lipinski definition) is 3. The maximum atomic E-state index is 12.1. The van der Waals surface area contributed by atoms with Crippen molar-refractivity contribution in [3.8, 4) is 0 Å². The second-order valence-electron chi connectivity index (χ2n) is 5.52. The minimum atomic E-state index is -0.105. The number of nitrogen functional groups attached to an aromatic ring is 1. The van der Waals surface area contributed by atoms with Crippen LogP contribution in [0.1, 0.15) is 43.5 Å². The van der Waals surface area contributed by atoms with Crippen LogP contribution in [0.4, 0.5) is 5.82 Å². The second kappa shape index (κ2) is 5.38. The van der Waals surface area contributed by atoms with E-state index in [-0.39, 0.29) is 11.9 Å². The molecular formula is C14H21N3O. The predicted molar refractivity (Wildman–Crippen MR) is 72.1 cm³/mol. The number of nitrogens with one attached hydrogen (secondary N) is 1. The smallest absolute Gasteiger partial charge is 0.255 e. The van der Waals surface area contributed by atoms with Gasteiger partial charge >= 0.3 is 0 Å². The molecule has 2 rings (SSSR count). The number of amides is 1. The Morgan fingerprint density at radius 3 is 2.61 bits per heavy atom. The van der Waals surface area contributed by atoms with Crippen LogP contribution in [0, 0.1) is 11.8 Å². The molecule has 1 saturated carbocycles. The lowest BCUT2D eigenvalue weighted by atomic mass is 9.80. The first-order valence-electron chi connectivity index (χ1n) is 6.57. The van der Waals surface area contributed by atoms with Crippen molar-refractivity contribution >= 4 is 11.7 Å². The van der Waals surface area contributed by atoms with Gasteiger partial charge in [-0.3, -0.25) is 4.79 Å².